The Morgan fingerprint density at radius 2 is 1.83 bits per heavy atom. The summed E-state index contributed by atoms with van der Waals surface area (Å²) in [4.78, 5) is 12.4. The molecule has 0 aliphatic carbocycles. The Morgan fingerprint density at radius 1 is 1.25 bits per heavy atom. The van der Waals surface area contributed by atoms with E-state index in [-0.39, 0.29) is 18.3 Å². The maximum absolute atomic E-state index is 12.1. The monoisotopic (exact) mass is 374 g/mol. The Labute approximate surface area is 150 Å². The van der Waals surface area contributed by atoms with Crippen LogP contribution in [0.4, 0.5) is 0 Å². The zero-order chi connectivity index (χ0) is 16.9. The predicted octanol–water partition coefficient (Wildman–Crippen LogP) is 2.15. The summed E-state index contributed by atoms with van der Waals surface area (Å²) in [5, 5.41) is 6.26. The van der Waals surface area contributed by atoms with Crippen LogP contribution in [-0.4, -0.2) is 33.7 Å². The molecule has 1 saturated heterocycles. The standard InChI is InChI=1S/C17H26N2O3S.ClH/c1-13(15-7-9-18-10-8-15)11-17(20)19-12-14-3-5-16(6-4-14)23(2,21)22;/h3-6,13,15,18H,7-12H2,1-2H3,(H,19,20);1H. The van der Waals surface area contributed by atoms with Crippen molar-refractivity contribution in [1.82, 2.24) is 10.6 Å². The normalized spacial score (nSPS) is 16.9. The fourth-order valence-electron chi connectivity index (χ4n) is 3.00. The third-order valence-electron chi connectivity index (χ3n) is 4.54. The first-order valence-electron chi connectivity index (χ1n) is 8.12. The molecule has 5 nitrogen and oxygen atoms in total. The minimum atomic E-state index is -3.17. The van der Waals surface area contributed by atoms with Gasteiger partial charge in [0.15, 0.2) is 9.84 Å². The fourth-order valence-corrected chi connectivity index (χ4v) is 3.63. The van der Waals surface area contributed by atoms with Gasteiger partial charge >= 0.3 is 0 Å². The second-order valence-electron chi connectivity index (χ2n) is 6.46. The lowest BCUT2D eigenvalue weighted by Crippen LogP contribution is -2.33. The molecule has 2 rings (SSSR count). The maximum atomic E-state index is 12.1. The zero-order valence-electron chi connectivity index (χ0n) is 14.2. The molecule has 1 aromatic carbocycles. The van der Waals surface area contributed by atoms with Gasteiger partial charge in [-0.05, 0) is 55.5 Å². The Morgan fingerprint density at radius 3 is 2.38 bits per heavy atom. The van der Waals surface area contributed by atoms with E-state index in [4.69, 9.17) is 0 Å². The van der Waals surface area contributed by atoms with Crippen LogP contribution in [0, 0.1) is 11.8 Å². The number of piperidine rings is 1. The summed E-state index contributed by atoms with van der Waals surface area (Å²) >= 11 is 0. The average molecular weight is 375 g/mol. The van der Waals surface area contributed by atoms with Crippen molar-refractivity contribution in [3.05, 3.63) is 29.8 Å². The smallest absolute Gasteiger partial charge is 0.220 e. The van der Waals surface area contributed by atoms with Gasteiger partial charge in [0.05, 0.1) is 4.90 Å². The second-order valence-corrected chi connectivity index (χ2v) is 8.48. The highest BCUT2D eigenvalue weighted by molar-refractivity contribution is 7.90. The molecule has 1 fully saturated rings. The molecule has 0 radical (unpaired) electrons. The molecule has 0 spiro atoms. The van der Waals surface area contributed by atoms with Gasteiger partial charge in [0.1, 0.15) is 0 Å². The van der Waals surface area contributed by atoms with Crippen molar-refractivity contribution in [2.75, 3.05) is 19.3 Å². The van der Waals surface area contributed by atoms with E-state index < -0.39 is 9.84 Å². The van der Waals surface area contributed by atoms with E-state index in [1.807, 2.05) is 0 Å². The van der Waals surface area contributed by atoms with E-state index in [1.54, 1.807) is 24.3 Å². The number of hydrogen-bond donors (Lipinski definition) is 2. The average Bonchev–Trinajstić information content (AvgIpc) is 2.53. The highest BCUT2D eigenvalue weighted by Crippen LogP contribution is 2.24. The molecule has 1 aromatic rings. The summed E-state index contributed by atoms with van der Waals surface area (Å²) in [5.41, 5.74) is 0.903. The minimum Gasteiger partial charge on any atom is -0.352 e. The number of carbonyl (C=O) groups is 1. The Bertz CT molecular complexity index is 626. The molecule has 24 heavy (non-hydrogen) atoms. The lowest BCUT2D eigenvalue weighted by molar-refractivity contribution is -0.122. The molecule has 0 bridgehead atoms. The SMILES string of the molecule is CC(CC(=O)NCc1ccc(S(C)(=O)=O)cc1)C1CCNCC1.Cl. The van der Waals surface area contributed by atoms with Crippen molar-refractivity contribution in [1.29, 1.82) is 0 Å². The van der Waals surface area contributed by atoms with Crippen molar-refractivity contribution in [2.45, 2.75) is 37.6 Å². The molecular weight excluding hydrogens is 348 g/mol. The molecule has 1 unspecified atom stereocenters. The summed E-state index contributed by atoms with van der Waals surface area (Å²) in [6.07, 6.45) is 4.01. The van der Waals surface area contributed by atoms with Gasteiger partial charge in [-0.3, -0.25) is 4.79 Å². The van der Waals surface area contributed by atoms with Crippen LogP contribution in [0.1, 0.15) is 31.7 Å². The van der Waals surface area contributed by atoms with E-state index in [0.29, 0.717) is 29.7 Å². The first kappa shape index (κ1) is 20.9. The van der Waals surface area contributed by atoms with Crippen molar-refractivity contribution >= 4 is 28.2 Å². The lowest BCUT2D eigenvalue weighted by atomic mass is 9.84. The van der Waals surface area contributed by atoms with Crippen LogP contribution in [-0.2, 0) is 21.2 Å². The third kappa shape index (κ3) is 6.42. The Hall–Kier alpha value is -1.11. The van der Waals surface area contributed by atoms with Crippen LogP contribution in [0.2, 0.25) is 0 Å². The van der Waals surface area contributed by atoms with E-state index >= 15 is 0 Å². The molecule has 0 aromatic heterocycles. The van der Waals surface area contributed by atoms with Crippen LogP contribution >= 0.6 is 12.4 Å². The summed E-state index contributed by atoms with van der Waals surface area (Å²) in [7, 11) is -3.17. The lowest BCUT2D eigenvalue weighted by Gasteiger charge is -2.27. The highest BCUT2D eigenvalue weighted by atomic mass is 35.5. The van der Waals surface area contributed by atoms with Crippen molar-refractivity contribution in [2.24, 2.45) is 11.8 Å². The number of carbonyl (C=O) groups excluding carboxylic acids is 1. The molecule has 1 aliphatic heterocycles. The molecule has 1 amide bonds. The second kappa shape index (κ2) is 9.39. The first-order chi connectivity index (χ1) is 10.9. The van der Waals surface area contributed by atoms with Crippen molar-refractivity contribution < 1.29 is 13.2 Å². The van der Waals surface area contributed by atoms with Gasteiger partial charge in [-0.15, -0.1) is 12.4 Å². The first-order valence-corrected chi connectivity index (χ1v) is 10.0. The molecular formula is C17H27ClN2O3S. The molecule has 1 atom stereocenters. The molecule has 7 heteroatoms. The van der Waals surface area contributed by atoms with Gasteiger partial charge in [-0.25, -0.2) is 8.42 Å². The van der Waals surface area contributed by atoms with Crippen LogP contribution in [0.25, 0.3) is 0 Å². The molecule has 0 saturated carbocycles. The van der Waals surface area contributed by atoms with Crippen molar-refractivity contribution in [3.63, 3.8) is 0 Å². The minimum absolute atomic E-state index is 0. The number of halogens is 1. The van der Waals surface area contributed by atoms with Gasteiger partial charge in [0.25, 0.3) is 0 Å². The zero-order valence-corrected chi connectivity index (χ0v) is 15.9. The number of sulfone groups is 1. The van der Waals surface area contributed by atoms with Crippen molar-refractivity contribution in [3.8, 4) is 0 Å². The largest absolute Gasteiger partial charge is 0.352 e. The van der Waals surface area contributed by atoms with Crippen LogP contribution in [0.3, 0.4) is 0 Å². The van der Waals surface area contributed by atoms with E-state index in [1.165, 1.54) is 6.26 Å². The quantitative estimate of drug-likeness (QED) is 0.800. The summed E-state index contributed by atoms with van der Waals surface area (Å²) in [6, 6.07) is 6.64. The number of rotatable bonds is 6. The Kier molecular flexibility index (Phi) is 8.19. The number of amides is 1. The van der Waals surface area contributed by atoms with Crippen LogP contribution < -0.4 is 10.6 Å². The van der Waals surface area contributed by atoms with Gasteiger partial charge in [-0.1, -0.05) is 19.1 Å². The topological polar surface area (TPSA) is 75.3 Å². The van der Waals surface area contributed by atoms with Gasteiger partial charge in [0, 0.05) is 19.2 Å². The third-order valence-corrected chi connectivity index (χ3v) is 5.67. The predicted molar refractivity (Wildman–Crippen MR) is 98.0 cm³/mol. The van der Waals surface area contributed by atoms with E-state index in [0.717, 1.165) is 31.5 Å². The number of nitrogens with one attached hydrogen (secondary N) is 2. The van der Waals surface area contributed by atoms with Gasteiger partial charge < -0.3 is 10.6 Å². The van der Waals surface area contributed by atoms with E-state index in [2.05, 4.69) is 17.6 Å². The number of benzene rings is 1. The van der Waals surface area contributed by atoms with Gasteiger partial charge in [-0.2, -0.15) is 0 Å². The van der Waals surface area contributed by atoms with E-state index in [9.17, 15) is 13.2 Å². The van der Waals surface area contributed by atoms with Gasteiger partial charge in [0.2, 0.25) is 5.91 Å². The fraction of sp³-hybridized carbons (Fsp3) is 0.588. The highest BCUT2D eigenvalue weighted by Gasteiger charge is 2.21. The molecule has 136 valence electrons. The summed E-state index contributed by atoms with van der Waals surface area (Å²) in [5.74, 6) is 1.07. The molecule has 1 aliphatic rings. The number of hydrogen-bond acceptors (Lipinski definition) is 4. The van der Waals surface area contributed by atoms with Crippen LogP contribution in [0.15, 0.2) is 29.2 Å². The Balaban J connectivity index is 0.00000288. The molecule has 2 N–H and O–H groups in total. The van der Waals surface area contributed by atoms with Crippen LogP contribution in [0.5, 0.6) is 0 Å². The molecule has 1 heterocycles. The summed E-state index contributed by atoms with van der Waals surface area (Å²) in [6.45, 7) is 4.67. The maximum Gasteiger partial charge on any atom is 0.220 e. The summed E-state index contributed by atoms with van der Waals surface area (Å²) < 4.78 is 22.8.